The van der Waals surface area contributed by atoms with Crippen molar-refractivity contribution in [3.63, 3.8) is 0 Å². The van der Waals surface area contributed by atoms with E-state index in [0.29, 0.717) is 17.1 Å². The highest BCUT2D eigenvalue weighted by molar-refractivity contribution is 5.88. The van der Waals surface area contributed by atoms with Crippen LogP contribution in [0.1, 0.15) is 27.7 Å². The zero-order valence-corrected chi connectivity index (χ0v) is 11.7. The maximum Gasteiger partial charge on any atom is 0.280 e. The predicted octanol–water partition coefficient (Wildman–Crippen LogP) is 0.843. The quantitative estimate of drug-likeness (QED) is 0.826. The zero-order chi connectivity index (χ0) is 14.4. The molecule has 1 N–H and O–H groups in total. The average molecular weight is 263 g/mol. The van der Waals surface area contributed by atoms with Crippen molar-refractivity contribution < 1.29 is 4.79 Å². The summed E-state index contributed by atoms with van der Waals surface area (Å²) in [6.45, 7) is 7.16. The molecule has 1 amide bonds. The predicted molar refractivity (Wildman–Crippen MR) is 72.1 cm³/mol. The van der Waals surface area contributed by atoms with E-state index in [1.165, 1.54) is 13.3 Å². The lowest BCUT2D eigenvalue weighted by molar-refractivity contribution is -0.114. The van der Waals surface area contributed by atoms with Gasteiger partial charge in [-0.05, 0) is 20.8 Å². The van der Waals surface area contributed by atoms with E-state index in [2.05, 4.69) is 15.3 Å². The Hall–Kier alpha value is -2.18. The van der Waals surface area contributed by atoms with Crippen LogP contribution in [-0.2, 0) is 17.4 Å². The summed E-state index contributed by atoms with van der Waals surface area (Å²) in [4.78, 5) is 31.8. The lowest BCUT2D eigenvalue weighted by Gasteiger charge is -2.21. The Balaban J connectivity index is 2.73. The van der Waals surface area contributed by atoms with Gasteiger partial charge in [0, 0.05) is 19.5 Å². The molecule has 2 aromatic heterocycles. The number of amides is 1. The fraction of sp³-hybridized carbons (Fsp3) is 0.500. The van der Waals surface area contributed by atoms with Gasteiger partial charge in [0.25, 0.3) is 5.56 Å². The van der Waals surface area contributed by atoms with Gasteiger partial charge in [0.15, 0.2) is 11.2 Å². The number of nitrogens with zero attached hydrogens (tertiary/aromatic N) is 4. The molecule has 102 valence electrons. The molecule has 7 heteroatoms. The van der Waals surface area contributed by atoms with Gasteiger partial charge in [-0.2, -0.15) is 4.98 Å². The van der Waals surface area contributed by atoms with E-state index in [0.717, 1.165) is 0 Å². The Morgan fingerprint density at radius 1 is 1.37 bits per heavy atom. The van der Waals surface area contributed by atoms with Gasteiger partial charge in [-0.25, -0.2) is 4.98 Å². The topological polar surface area (TPSA) is 81.8 Å². The van der Waals surface area contributed by atoms with Crippen molar-refractivity contribution in [3.05, 3.63) is 16.7 Å². The molecule has 0 saturated heterocycles. The van der Waals surface area contributed by atoms with E-state index in [-0.39, 0.29) is 17.0 Å². The second-order valence-electron chi connectivity index (χ2n) is 5.44. The number of rotatable bonds is 1. The van der Waals surface area contributed by atoms with Gasteiger partial charge in [-0.3, -0.25) is 19.5 Å². The van der Waals surface area contributed by atoms with Crippen LogP contribution in [0.3, 0.4) is 0 Å². The lowest BCUT2D eigenvalue weighted by Crippen LogP contribution is -2.34. The van der Waals surface area contributed by atoms with Crippen LogP contribution in [0.5, 0.6) is 0 Å². The first-order valence-electron chi connectivity index (χ1n) is 5.94. The molecule has 0 aliphatic carbocycles. The molecule has 0 bridgehead atoms. The molecule has 2 aromatic rings. The van der Waals surface area contributed by atoms with Crippen molar-refractivity contribution in [1.82, 2.24) is 19.1 Å². The van der Waals surface area contributed by atoms with Gasteiger partial charge in [-0.15, -0.1) is 0 Å². The highest BCUT2D eigenvalue weighted by Crippen LogP contribution is 2.15. The van der Waals surface area contributed by atoms with Crippen LogP contribution >= 0.6 is 0 Å². The molecule has 0 unspecified atom stereocenters. The number of carbonyl (C=O) groups is 1. The molecule has 0 fully saturated rings. The standard InChI is InChI=1S/C12H17N5O2/c1-7(18)14-11-15-9-8(16(11)5)10(19)17(6-13-9)12(2,3)4/h6H,1-5H3,(H,14,15,18). The van der Waals surface area contributed by atoms with Gasteiger partial charge < -0.3 is 4.57 Å². The summed E-state index contributed by atoms with van der Waals surface area (Å²) in [5.41, 5.74) is 0.165. The Bertz CT molecular complexity index is 705. The molecule has 2 rings (SSSR count). The maximum atomic E-state index is 12.4. The monoisotopic (exact) mass is 263 g/mol. The van der Waals surface area contributed by atoms with Crippen molar-refractivity contribution in [2.24, 2.45) is 7.05 Å². The van der Waals surface area contributed by atoms with Gasteiger partial charge in [-0.1, -0.05) is 0 Å². The molecule has 7 nitrogen and oxygen atoms in total. The molecule has 0 spiro atoms. The number of anilines is 1. The fourth-order valence-electron chi connectivity index (χ4n) is 1.84. The molecule has 0 saturated carbocycles. The third-order valence-corrected chi connectivity index (χ3v) is 2.80. The molecular formula is C12H17N5O2. The average Bonchev–Trinajstić information content (AvgIpc) is 2.54. The smallest absolute Gasteiger partial charge is 0.280 e. The SMILES string of the molecule is CC(=O)Nc1nc2ncn(C(C)(C)C)c(=O)c2n1C. The second-order valence-corrected chi connectivity index (χ2v) is 5.44. The van der Waals surface area contributed by atoms with Gasteiger partial charge in [0.1, 0.15) is 6.33 Å². The van der Waals surface area contributed by atoms with Crippen molar-refractivity contribution in [1.29, 1.82) is 0 Å². The molecule has 0 aliphatic rings. The van der Waals surface area contributed by atoms with Gasteiger partial charge >= 0.3 is 0 Å². The van der Waals surface area contributed by atoms with E-state index in [4.69, 9.17) is 0 Å². The number of aromatic nitrogens is 4. The summed E-state index contributed by atoms with van der Waals surface area (Å²) in [7, 11) is 1.68. The van der Waals surface area contributed by atoms with Crippen LogP contribution in [0.4, 0.5) is 5.95 Å². The van der Waals surface area contributed by atoms with E-state index < -0.39 is 0 Å². The molecule has 0 aliphatic heterocycles. The molecule has 0 radical (unpaired) electrons. The minimum atomic E-state index is -0.364. The number of carbonyl (C=O) groups excluding carboxylic acids is 1. The molecule has 0 atom stereocenters. The normalized spacial score (nSPS) is 11.8. The summed E-state index contributed by atoms with van der Waals surface area (Å²) < 4.78 is 3.10. The van der Waals surface area contributed by atoms with E-state index in [1.54, 1.807) is 16.2 Å². The van der Waals surface area contributed by atoms with Crippen molar-refractivity contribution in [2.75, 3.05) is 5.32 Å². The molecule has 2 heterocycles. The summed E-state index contributed by atoms with van der Waals surface area (Å²) in [5.74, 6) is 0.0771. The largest absolute Gasteiger partial charge is 0.307 e. The van der Waals surface area contributed by atoms with Crippen LogP contribution in [-0.4, -0.2) is 25.0 Å². The Labute approximate surface area is 110 Å². The third-order valence-electron chi connectivity index (χ3n) is 2.80. The lowest BCUT2D eigenvalue weighted by atomic mass is 10.1. The van der Waals surface area contributed by atoms with Crippen molar-refractivity contribution in [3.8, 4) is 0 Å². The Kier molecular flexibility index (Phi) is 2.92. The van der Waals surface area contributed by atoms with Crippen LogP contribution in [0.25, 0.3) is 11.2 Å². The summed E-state index contributed by atoms with van der Waals surface area (Å²) >= 11 is 0. The number of aryl methyl sites for hydroxylation is 1. The van der Waals surface area contributed by atoms with Crippen LogP contribution in [0.15, 0.2) is 11.1 Å². The van der Waals surface area contributed by atoms with Gasteiger partial charge in [0.05, 0.1) is 0 Å². The number of hydrogen-bond acceptors (Lipinski definition) is 4. The van der Waals surface area contributed by atoms with E-state index in [1.807, 2.05) is 20.8 Å². The third kappa shape index (κ3) is 2.23. The molecule has 19 heavy (non-hydrogen) atoms. The minimum absolute atomic E-state index is 0.177. The molecular weight excluding hydrogens is 246 g/mol. The summed E-state index contributed by atoms with van der Waals surface area (Å²) in [6.07, 6.45) is 1.48. The summed E-state index contributed by atoms with van der Waals surface area (Å²) in [6, 6.07) is 0. The van der Waals surface area contributed by atoms with Crippen molar-refractivity contribution in [2.45, 2.75) is 33.2 Å². The zero-order valence-electron chi connectivity index (χ0n) is 11.7. The number of hydrogen-bond donors (Lipinski definition) is 1. The Morgan fingerprint density at radius 2 is 2.00 bits per heavy atom. The van der Waals surface area contributed by atoms with E-state index in [9.17, 15) is 9.59 Å². The first-order chi connectivity index (χ1) is 8.71. The highest BCUT2D eigenvalue weighted by atomic mass is 16.1. The van der Waals surface area contributed by atoms with Crippen LogP contribution in [0.2, 0.25) is 0 Å². The highest BCUT2D eigenvalue weighted by Gasteiger charge is 2.20. The Morgan fingerprint density at radius 3 is 2.53 bits per heavy atom. The first kappa shape index (κ1) is 13.3. The number of imidazole rings is 1. The van der Waals surface area contributed by atoms with Crippen molar-refractivity contribution >= 4 is 23.0 Å². The van der Waals surface area contributed by atoms with Crippen LogP contribution < -0.4 is 10.9 Å². The van der Waals surface area contributed by atoms with Crippen LogP contribution in [0, 0.1) is 0 Å². The maximum absolute atomic E-state index is 12.4. The molecule has 0 aromatic carbocycles. The van der Waals surface area contributed by atoms with E-state index >= 15 is 0 Å². The number of nitrogens with one attached hydrogen (secondary N) is 1. The number of fused-ring (bicyclic) bond motifs is 1. The fourth-order valence-corrected chi connectivity index (χ4v) is 1.84. The second kappa shape index (κ2) is 4.18. The summed E-state index contributed by atoms with van der Waals surface area (Å²) in [5, 5.41) is 2.57. The first-order valence-corrected chi connectivity index (χ1v) is 5.94. The van der Waals surface area contributed by atoms with Gasteiger partial charge in [0.2, 0.25) is 11.9 Å². The minimum Gasteiger partial charge on any atom is -0.307 e.